The Morgan fingerprint density at radius 2 is 1.78 bits per heavy atom. The summed E-state index contributed by atoms with van der Waals surface area (Å²) in [5, 5.41) is 11.1. The van der Waals surface area contributed by atoms with Crippen LogP contribution in [-0.2, 0) is 14.3 Å². The monoisotopic (exact) mass is 433 g/mol. The number of hydrogen-bond acceptors (Lipinski definition) is 7. The molecule has 8 heteroatoms. The fourth-order valence-corrected chi connectivity index (χ4v) is 4.41. The van der Waals surface area contributed by atoms with E-state index in [1.807, 2.05) is 31.2 Å². The van der Waals surface area contributed by atoms with Gasteiger partial charge in [0.1, 0.15) is 5.82 Å². The SMILES string of the molecule is COC(=O)C1=C(N)N(c2ccc(C)cc2)C2=C(C(=O)CCC2)C1c1ccc([N+](=O)[O-])cc1. The molecule has 1 atom stereocenters. The molecule has 0 amide bonds. The number of esters is 1. The molecule has 0 spiro atoms. The Morgan fingerprint density at radius 1 is 1.12 bits per heavy atom. The highest BCUT2D eigenvalue weighted by atomic mass is 16.6. The molecule has 0 radical (unpaired) electrons. The van der Waals surface area contributed by atoms with Crippen LogP contribution in [0.2, 0.25) is 0 Å². The molecule has 1 unspecified atom stereocenters. The van der Waals surface area contributed by atoms with Gasteiger partial charge in [-0.3, -0.25) is 19.8 Å². The summed E-state index contributed by atoms with van der Waals surface area (Å²) < 4.78 is 5.05. The van der Waals surface area contributed by atoms with Crippen LogP contribution in [0.3, 0.4) is 0 Å². The van der Waals surface area contributed by atoms with Crippen LogP contribution in [0.1, 0.15) is 36.3 Å². The fourth-order valence-electron chi connectivity index (χ4n) is 4.41. The lowest BCUT2D eigenvalue weighted by molar-refractivity contribution is -0.384. The number of nitro groups is 1. The minimum absolute atomic E-state index is 0.0689. The van der Waals surface area contributed by atoms with Gasteiger partial charge in [-0.25, -0.2) is 4.79 Å². The second kappa shape index (κ2) is 8.30. The molecular formula is C24H23N3O5. The molecule has 1 aliphatic heterocycles. The Labute approximate surface area is 185 Å². The van der Waals surface area contributed by atoms with E-state index in [9.17, 15) is 19.7 Å². The Morgan fingerprint density at radius 3 is 2.38 bits per heavy atom. The number of benzene rings is 2. The van der Waals surface area contributed by atoms with E-state index in [-0.39, 0.29) is 22.9 Å². The molecule has 2 N–H and O–H groups in total. The molecule has 2 aromatic carbocycles. The van der Waals surface area contributed by atoms with Gasteiger partial charge in [0.25, 0.3) is 5.69 Å². The van der Waals surface area contributed by atoms with Gasteiger partial charge < -0.3 is 10.5 Å². The van der Waals surface area contributed by atoms with Crippen molar-refractivity contribution in [1.29, 1.82) is 0 Å². The van der Waals surface area contributed by atoms with E-state index in [0.29, 0.717) is 30.4 Å². The molecule has 0 bridgehead atoms. The number of hydrogen-bond donors (Lipinski definition) is 1. The number of ether oxygens (including phenoxy) is 1. The Hall–Kier alpha value is -3.94. The van der Waals surface area contributed by atoms with Gasteiger partial charge in [-0.15, -0.1) is 0 Å². The number of non-ortho nitro benzene ring substituents is 1. The number of ketones is 1. The molecule has 0 saturated heterocycles. The number of rotatable bonds is 4. The van der Waals surface area contributed by atoms with Crippen molar-refractivity contribution in [2.75, 3.05) is 12.0 Å². The maximum Gasteiger partial charge on any atom is 0.338 e. The molecule has 32 heavy (non-hydrogen) atoms. The summed E-state index contributed by atoms with van der Waals surface area (Å²) in [5.74, 6) is -1.28. The second-order valence-electron chi connectivity index (χ2n) is 7.88. The molecule has 0 aromatic heterocycles. The summed E-state index contributed by atoms with van der Waals surface area (Å²) >= 11 is 0. The maximum atomic E-state index is 13.2. The number of carbonyl (C=O) groups excluding carboxylic acids is 2. The third kappa shape index (κ3) is 3.53. The first-order valence-electron chi connectivity index (χ1n) is 10.3. The largest absolute Gasteiger partial charge is 0.466 e. The number of nitrogens with two attached hydrogens (primary N) is 1. The van der Waals surface area contributed by atoms with E-state index in [0.717, 1.165) is 16.9 Å². The summed E-state index contributed by atoms with van der Waals surface area (Å²) in [5.41, 5.74) is 10.3. The molecule has 4 rings (SSSR count). The summed E-state index contributed by atoms with van der Waals surface area (Å²) in [4.78, 5) is 38.5. The molecule has 1 aliphatic carbocycles. The highest BCUT2D eigenvalue weighted by molar-refractivity contribution is 6.05. The first-order valence-corrected chi connectivity index (χ1v) is 10.3. The van der Waals surface area contributed by atoms with Crippen LogP contribution in [-0.4, -0.2) is 23.8 Å². The lowest BCUT2D eigenvalue weighted by Gasteiger charge is -2.40. The van der Waals surface area contributed by atoms with E-state index in [2.05, 4.69) is 0 Å². The van der Waals surface area contributed by atoms with Crippen molar-refractivity contribution in [1.82, 2.24) is 0 Å². The molecular weight excluding hydrogens is 410 g/mol. The number of methoxy groups -OCH3 is 1. The summed E-state index contributed by atoms with van der Waals surface area (Å²) in [6.45, 7) is 1.97. The lowest BCUT2D eigenvalue weighted by atomic mass is 9.75. The normalized spacial score (nSPS) is 18.5. The van der Waals surface area contributed by atoms with Crippen molar-refractivity contribution < 1.29 is 19.2 Å². The number of anilines is 1. The quantitative estimate of drug-likeness (QED) is 0.442. The summed E-state index contributed by atoms with van der Waals surface area (Å²) in [7, 11) is 1.26. The highest BCUT2D eigenvalue weighted by Gasteiger charge is 2.43. The van der Waals surface area contributed by atoms with Crippen molar-refractivity contribution >= 4 is 23.1 Å². The molecule has 8 nitrogen and oxygen atoms in total. The van der Waals surface area contributed by atoms with Crippen LogP contribution in [0.25, 0.3) is 0 Å². The molecule has 164 valence electrons. The molecule has 0 fully saturated rings. The summed E-state index contributed by atoms with van der Waals surface area (Å²) in [6.07, 6.45) is 1.65. The van der Waals surface area contributed by atoms with Gasteiger partial charge in [-0.2, -0.15) is 0 Å². The van der Waals surface area contributed by atoms with E-state index in [4.69, 9.17) is 10.5 Å². The van der Waals surface area contributed by atoms with Crippen LogP contribution in [0.5, 0.6) is 0 Å². The van der Waals surface area contributed by atoms with Crippen molar-refractivity contribution in [2.24, 2.45) is 5.73 Å². The van der Waals surface area contributed by atoms with Crippen LogP contribution in [0.15, 0.2) is 71.2 Å². The smallest absolute Gasteiger partial charge is 0.338 e. The van der Waals surface area contributed by atoms with Crippen LogP contribution < -0.4 is 10.6 Å². The topological polar surface area (TPSA) is 116 Å². The van der Waals surface area contributed by atoms with Gasteiger partial charge in [0.05, 0.1) is 23.5 Å². The standard InChI is InChI=1S/C24H23N3O5/c1-14-6-10-16(11-7-14)26-18-4-3-5-19(28)21(18)20(22(23(26)25)24(29)32-2)15-8-12-17(13-9-15)27(30)31/h6-13,20H,3-5,25H2,1-2H3. The maximum absolute atomic E-state index is 13.2. The second-order valence-corrected chi connectivity index (χ2v) is 7.88. The van der Waals surface area contributed by atoms with E-state index >= 15 is 0 Å². The zero-order valence-corrected chi connectivity index (χ0v) is 17.8. The van der Waals surface area contributed by atoms with Crippen molar-refractivity contribution in [3.05, 3.63) is 92.4 Å². The van der Waals surface area contributed by atoms with Crippen molar-refractivity contribution in [3.8, 4) is 0 Å². The van der Waals surface area contributed by atoms with Gasteiger partial charge >= 0.3 is 5.97 Å². The minimum Gasteiger partial charge on any atom is -0.466 e. The Kier molecular flexibility index (Phi) is 5.52. The zero-order chi connectivity index (χ0) is 23.0. The van der Waals surface area contributed by atoms with Gasteiger partial charge in [-0.1, -0.05) is 29.8 Å². The van der Waals surface area contributed by atoms with Gasteiger partial charge in [-0.05, 0) is 37.5 Å². The van der Waals surface area contributed by atoms with Crippen LogP contribution >= 0.6 is 0 Å². The third-order valence-electron chi connectivity index (χ3n) is 5.93. The number of nitrogens with zero attached hydrogens (tertiary/aromatic N) is 2. The van der Waals surface area contributed by atoms with E-state index < -0.39 is 16.8 Å². The predicted molar refractivity (Wildman–Crippen MR) is 119 cm³/mol. The number of carbonyl (C=O) groups is 2. The first-order chi connectivity index (χ1) is 15.3. The summed E-state index contributed by atoms with van der Waals surface area (Å²) in [6, 6.07) is 13.5. The highest BCUT2D eigenvalue weighted by Crippen LogP contribution is 2.46. The molecule has 2 aromatic rings. The van der Waals surface area contributed by atoms with Crippen LogP contribution in [0, 0.1) is 17.0 Å². The molecule has 2 aliphatic rings. The lowest BCUT2D eigenvalue weighted by Crippen LogP contribution is -2.40. The average Bonchev–Trinajstić information content (AvgIpc) is 2.79. The number of aryl methyl sites for hydroxylation is 1. The molecule has 0 saturated carbocycles. The van der Waals surface area contributed by atoms with Gasteiger partial charge in [0, 0.05) is 35.5 Å². The fraction of sp³-hybridized carbons (Fsp3) is 0.250. The van der Waals surface area contributed by atoms with Gasteiger partial charge in [0.15, 0.2) is 5.78 Å². The predicted octanol–water partition coefficient (Wildman–Crippen LogP) is 3.86. The Bertz CT molecular complexity index is 1160. The number of nitro benzene ring substituents is 1. The van der Waals surface area contributed by atoms with Crippen molar-refractivity contribution in [2.45, 2.75) is 32.1 Å². The van der Waals surface area contributed by atoms with E-state index in [1.165, 1.54) is 19.2 Å². The number of allylic oxidation sites excluding steroid dienone is 2. The average molecular weight is 433 g/mol. The van der Waals surface area contributed by atoms with Crippen LogP contribution in [0.4, 0.5) is 11.4 Å². The van der Waals surface area contributed by atoms with Crippen molar-refractivity contribution in [3.63, 3.8) is 0 Å². The first kappa shape index (κ1) is 21.3. The zero-order valence-electron chi connectivity index (χ0n) is 17.8. The van der Waals surface area contributed by atoms with Gasteiger partial charge in [0.2, 0.25) is 0 Å². The number of Topliss-reactive ketones (excluding diaryl/α,β-unsaturated/α-hetero) is 1. The third-order valence-corrected chi connectivity index (χ3v) is 5.93. The van der Waals surface area contributed by atoms with E-state index in [1.54, 1.807) is 17.0 Å². The minimum atomic E-state index is -0.757. The Balaban J connectivity index is 1.96. The molecule has 1 heterocycles.